The maximum Gasteiger partial charge on any atom is 0.464 e. The Morgan fingerprint density at radius 3 is 2.09 bits per heavy atom. The first-order valence-corrected chi connectivity index (χ1v) is 8.22. The van der Waals surface area contributed by atoms with Crippen LogP contribution in [0.5, 0.6) is 0 Å². The van der Waals surface area contributed by atoms with Crippen LogP contribution < -0.4 is 0 Å². The quantitative estimate of drug-likeness (QED) is 0.754. The fourth-order valence-corrected chi connectivity index (χ4v) is 4.66. The number of aryl methyl sites for hydroxylation is 1. The van der Waals surface area contributed by atoms with Crippen LogP contribution in [-0.4, -0.2) is 18.3 Å². The first kappa shape index (κ1) is 14.7. The zero-order valence-electron chi connectivity index (χ0n) is 14.1. The average molecular weight is 302 g/mol. The molecule has 0 unspecified atom stereocenters. The van der Waals surface area contributed by atoms with Gasteiger partial charge in [-0.3, -0.25) is 0 Å². The van der Waals surface area contributed by atoms with Crippen LogP contribution in [0.2, 0.25) is 5.31 Å². The van der Waals surface area contributed by atoms with Gasteiger partial charge in [-0.2, -0.15) is 0 Å². The summed E-state index contributed by atoms with van der Waals surface area (Å²) in [5, 5.41) is 0.143. The normalized spacial score (nSPS) is 37.6. The van der Waals surface area contributed by atoms with Gasteiger partial charge in [-0.1, -0.05) is 6.07 Å². The van der Waals surface area contributed by atoms with Gasteiger partial charge in [0.15, 0.2) is 0 Å². The van der Waals surface area contributed by atoms with Crippen molar-refractivity contribution in [2.45, 2.75) is 75.8 Å². The summed E-state index contributed by atoms with van der Waals surface area (Å²) < 4.78 is 26.1. The number of hydrogen-bond acceptors (Lipinski definition) is 2. The molecule has 1 aliphatic heterocycles. The zero-order chi connectivity index (χ0) is 16.0. The summed E-state index contributed by atoms with van der Waals surface area (Å²) in [4.78, 5) is 0. The maximum atomic E-state index is 13.6. The minimum Gasteiger partial charge on any atom is -0.403 e. The fourth-order valence-electron chi connectivity index (χ4n) is 4.66. The minimum atomic E-state index is -0.269. The van der Waals surface area contributed by atoms with Gasteiger partial charge < -0.3 is 9.31 Å². The van der Waals surface area contributed by atoms with E-state index in [1.165, 1.54) is 11.1 Å². The van der Waals surface area contributed by atoms with Crippen LogP contribution in [0, 0.1) is 12.7 Å². The Balaban J connectivity index is 1.54. The van der Waals surface area contributed by atoms with Crippen molar-refractivity contribution in [3.63, 3.8) is 0 Å². The minimum absolute atomic E-state index is 0.117. The monoisotopic (exact) mass is 302 g/mol. The molecule has 1 aromatic rings. The molecular formula is C18H24BFO2. The second kappa shape index (κ2) is 3.96. The van der Waals surface area contributed by atoms with Crippen molar-refractivity contribution in [1.29, 1.82) is 0 Å². The molecule has 3 saturated carbocycles. The molecule has 1 heterocycles. The Labute approximate surface area is 132 Å². The lowest BCUT2D eigenvalue weighted by Gasteiger charge is -2.71. The third kappa shape index (κ3) is 1.68. The number of benzene rings is 1. The Kier molecular flexibility index (Phi) is 2.65. The summed E-state index contributed by atoms with van der Waals surface area (Å²) in [6, 6.07) is 5.17. The fraction of sp³-hybridized carbons (Fsp3) is 0.667. The van der Waals surface area contributed by atoms with E-state index in [1.54, 1.807) is 12.1 Å². The van der Waals surface area contributed by atoms with Gasteiger partial charge in [0.25, 0.3) is 0 Å². The molecule has 4 aliphatic rings. The van der Waals surface area contributed by atoms with Crippen LogP contribution >= 0.6 is 0 Å². The van der Waals surface area contributed by atoms with Crippen LogP contribution in [0.3, 0.4) is 0 Å². The van der Waals surface area contributed by atoms with Crippen molar-refractivity contribution in [1.82, 2.24) is 0 Å². The summed E-state index contributed by atoms with van der Waals surface area (Å²) in [5.41, 5.74) is 2.01. The van der Waals surface area contributed by atoms with Crippen molar-refractivity contribution < 1.29 is 13.7 Å². The highest BCUT2D eigenvalue weighted by atomic mass is 19.1. The van der Waals surface area contributed by atoms with E-state index in [9.17, 15) is 4.39 Å². The molecule has 0 amide bonds. The van der Waals surface area contributed by atoms with Crippen LogP contribution in [0.1, 0.15) is 58.1 Å². The molecule has 1 saturated heterocycles. The third-order valence-electron chi connectivity index (χ3n) is 6.60. The molecule has 1 aromatic carbocycles. The lowest BCUT2D eigenvalue weighted by Crippen LogP contribution is -2.66. The standard InChI is InChI=1S/C18H24BFO2/c1-12-6-7-13(20)8-14(12)17-9-18(10-17,11-17)19-21-15(2,3)16(4,5)22-19/h6-8H,9-11H2,1-5H3. The van der Waals surface area contributed by atoms with Crippen molar-refractivity contribution in [3.8, 4) is 0 Å². The van der Waals surface area contributed by atoms with Gasteiger partial charge >= 0.3 is 7.12 Å². The summed E-state index contributed by atoms with van der Waals surface area (Å²) in [7, 11) is -0.117. The van der Waals surface area contributed by atoms with E-state index in [2.05, 4.69) is 34.6 Å². The van der Waals surface area contributed by atoms with E-state index in [-0.39, 0.29) is 34.9 Å². The van der Waals surface area contributed by atoms with E-state index < -0.39 is 0 Å². The van der Waals surface area contributed by atoms with Crippen LogP contribution in [0.15, 0.2) is 18.2 Å². The molecular weight excluding hydrogens is 278 g/mol. The predicted octanol–water partition coefficient (Wildman–Crippen LogP) is 4.40. The van der Waals surface area contributed by atoms with Gasteiger partial charge in [0, 0.05) is 5.31 Å². The molecule has 2 bridgehead atoms. The van der Waals surface area contributed by atoms with Gasteiger partial charge in [-0.15, -0.1) is 0 Å². The van der Waals surface area contributed by atoms with Gasteiger partial charge in [0.05, 0.1) is 11.2 Å². The molecule has 0 atom stereocenters. The molecule has 3 aliphatic carbocycles. The molecule has 0 spiro atoms. The highest BCUT2D eigenvalue weighted by Crippen LogP contribution is 2.81. The Morgan fingerprint density at radius 1 is 1.00 bits per heavy atom. The Morgan fingerprint density at radius 2 is 1.55 bits per heavy atom. The van der Waals surface area contributed by atoms with E-state index in [0.29, 0.717) is 0 Å². The SMILES string of the molecule is Cc1ccc(F)cc1C12CC(B3OC(C)(C)C(C)(C)O3)(C1)C2. The Bertz CT molecular complexity index is 617. The van der Waals surface area contributed by atoms with Gasteiger partial charge in [0.2, 0.25) is 0 Å². The second-order valence-corrected chi connectivity index (χ2v) is 8.72. The summed E-state index contributed by atoms with van der Waals surface area (Å²) in [6.45, 7) is 10.5. The molecule has 0 N–H and O–H groups in total. The van der Waals surface area contributed by atoms with Crippen molar-refractivity contribution in [3.05, 3.63) is 35.1 Å². The number of rotatable bonds is 2. The molecule has 0 radical (unpaired) electrons. The van der Waals surface area contributed by atoms with Gasteiger partial charge in [-0.05, 0) is 82.6 Å². The van der Waals surface area contributed by atoms with Crippen LogP contribution in [0.4, 0.5) is 4.39 Å². The Hall–Kier alpha value is -0.865. The molecule has 118 valence electrons. The van der Waals surface area contributed by atoms with E-state index in [0.717, 1.165) is 19.3 Å². The molecule has 4 fully saturated rings. The lowest BCUT2D eigenvalue weighted by atomic mass is 9.23. The number of halogens is 1. The zero-order valence-corrected chi connectivity index (χ0v) is 14.1. The largest absolute Gasteiger partial charge is 0.464 e. The third-order valence-corrected chi connectivity index (χ3v) is 6.60. The molecule has 0 aromatic heterocycles. The van der Waals surface area contributed by atoms with Crippen LogP contribution in [-0.2, 0) is 14.7 Å². The summed E-state index contributed by atoms with van der Waals surface area (Å²) >= 11 is 0. The average Bonchev–Trinajstić information content (AvgIpc) is 2.49. The number of hydrogen-bond donors (Lipinski definition) is 0. The van der Waals surface area contributed by atoms with E-state index >= 15 is 0 Å². The first-order valence-electron chi connectivity index (χ1n) is 8.22. The van der Waals surface area contributed by atoms with Crippen molar-refractivity contribution in [2.24, 2.45) is 0 Å². The van der Waals surface area contributed by atoms with Gasteiger partial charge in [0.1, 0.15) is 5.82 Å². The van der Waals surface area contributed by atoms with E-state index in [1.807, 2.05) is 6.07 Å². The van der Waals surface area contributed by atoms with Crippen molar-refractivity contribution >= 4 is 7.12 Å². The highest BCUT2D eigenvalue weighted by molar-refractivity contribution is 6.51. The summed E-state index contributed by atoms with van der Waals surface area (Å²) in [6.07, 6.45) is 3.17. The van der Waals surface area contributed by atoms with E-state index in [4.69, 9.17) is 9.31 Å². The highest BCUT2D eigenvalue weighted by Gasteiger charge is 2.76. The maximum absolute atomic E-state index is 13.6. The molecule has 22 heavy (non-hydrogen) atoms. The van der Waals surface area contributed by atoms with Gasteiger partial charge in [-0.25, -0.2) is 4.39 Å². The molecule has 2 nitrogen and oxygen atoms in total. The smallest absolute Gasteiger partial charge is 0.403 e. The lowest BCUT2D eigenvalue weighted by molar-refractivity contribution is -0.0389. The first-order chi connectivity index (χ1) is 10.1. The summed E-state index contributed by atoms with van der Waals surface area (Å²) in [5.74, 6) is -0.130. The predicted molar refractivity (Wildman–Crippen MR) is 85.4 cm³/mol. The molecule has 5 rings (SSSR count). The van der Waals surface area contributed by atoms with Crippen LogP contribution in [0.25, 0.3) is 0 Å². The molecule has 4 heteroatoms. The topological polar surface area (TPSA) is 18.5 Å². The van der Waals surface area contributed by atoms with Crippen molar-refractivity contribution in [2.75, 3.05) is 0 Å². The second-order valence-electron chi connectivity index (χ2n) is 8.72.